The Morgan fingerprint density at radius 1 is 0.927 bits per heavy atom. The standard InChI is InChI=1S/C30H33Cl2F2N5O2/c31-25-15-23(35)16-26(32)29(25)37-28(40)18-39-14-13-38(17-27(39)30(36)41)12-2-1-3-24(19-4-8-21(33)9-5-19)20-6-10-22(34)11-7-20/h4-11,15-16,24,27H,1-3,12-14,17-18,35H2,(H2,36,41)(H,37,40)/t27-/m0/s1. The predicted molar refractivity (Wildman–Crippen MR) is 159 cm³/mol. The van der Waals surface area contributed by atoms with Crippen molar-refractivity contribution in [3.63, 3.8) is 0 Å². The van der Waals surface area contributed by atoms with Crippen molar-refractivity contribution >= 4 is 46.4 Å². The fourth-order valence-electron chi connectivity index (χ4n) is 5.21. The number of benzene rings is 3. The lowest BCUT2D eigenvalue weighted by atomic mass is 9.87. The van der Waals surface area contributed by atoms with Crippen LogP contribution >= 0.6 is 23.2 Å². The van der Waals surface area contributed by atoms with Gasteiger partial charge >= 0.3 is 0 Å². The smallest absolute Gasteiger partial charge is 0.238 e. The van der Waals surface area contributed by atoms with Crippen molar-refractivity contribution < 1.29 is 18.4 Å². The molecule has 2 amide bonds. The molecule has 0 aliphatic carbocycles. The Labute approximate surface area is 248 Å². The molecule has 3 aromatic carbocycles. The molecule has 4 rings (SSSR count). The summed E-state index contributed by atoms with van der Waals surface area (Å²) >= 11 is 12.4. The number of nitrogens with zero attached hydrogens (tertiary/aromatic N) is 2. The Kier molecular flexibility index (Phi) is 10.6. The Hall–Kier alpha value is -3.24. The highest BCUT2D eigenvalue weighted by Crippen LogP contribution is 2.33. The lowest BCUT2D eigenvalue weighted by Crippen LogP contribution is -2.59. The molecule has 218 valence electrons. The van der Waals surface area contributed by atoms with Crippen LogP contribution in [0.1, 0.15) is 36.3 Å². The van der Waals surface area contributed by atoms with Crippen LogP contribution in [-0.2, 0) is 9.59 Å². The second kappa shape index (κ2) is 14.1. The van der Waals surface area contributed by atoms with Gasteiger partial charge in [0.25, 0.3) is 0 Å². The van der Waals surface area contributed by atoms with Crippen LogP contribution in [0.2, 0.25) is 10.0 Å². The summed E-state index contributed by atoms with van der Waals surface area (Å²) in [6.45, 7) is 2.26. The average molecular weight is 605 g/mol. The highest BCUT2D eigenvalue weighted by molar-refractivity contribution is 6.40. The Bertz CT molecular complexity index is 1290. The van der Waals surface area contributed by atoms with Gasteiger partial charge in [0.15, 0.2) is 0 Å². The van der Waals surface area contributed by atoms with E-state index in [4.69, 9.17) is 34.7 Å². The highest BCUT2D eigenvalue weighted by Gasteiger charge is 2.32. The van der Waals surface area contributed by atoms with Crippen molar-refractivity contribution in [3.05, 3.63) is 93.5 Å². The minimum atomic E-state index is -0.627. The zero-order chi connectivity index (χ0) is 29.5. The summed E-state index contributed by atoms with van der Waals surface area (Å²) in [5, 5.41) is 3.15. The number of carbonyl (C=O) groups excluding carboxylic acids is 2. The highest BCUT2D eigenvalue weighted by atomic mass is 35.5. The zero-order valence-corrected chi connectivity index (χ0v) is 24.0. The van der Waals surface area contributed by atoms with Gasteiger partial charge in [0.2, 0.25) is 11.8 Å². The van der Waals surface area contributed by atoms with Crippen molar-refractivity contribution in [2.45, 2.75) is 31.2 Å². The van der Waals surface area contributed by atoms with Gasteiger partial charge in [0.1, 0.15) is 17.7 Å². The third-order valence-corrected chi connectivity index (χ3v) is 7.94. The number of nitrogens with two attached hydrogens (primary N) is 2. The average Bonchev–Trinajstić information content (AvgIpc) is 2.92. The zero-order valence-electron chi connectivity index (χ0n) is 22.5. The lowest BCUT2D eigenvalue weighted by molar-refractivity contribution is -0.127. The molecule has 0 unspecified atom stereocenters. The van der Waals surface area contributed by atoms with E-state index in [1.165, 1.54) is 36.4 Å². The number of nitrogens with one attached hydrogen (secondary N) is 1. The fraction of sp³-hybridized carbons (Fsp3) is 0.333. The minimum absolute atomic E-state index is 0.00740. The first-order chi connectivity index (χ1) is 19.6. The van der Waals surface area contributed by atoms with Gasteiger partial charge in [-0.2, -0.15) is 0 Å². The molecule has 1 aliphatic rings. The van der Waals surface area contributed by atoms with Crippen molar-refractivity contribution in [2.75, 3.05) is 43.8 Å². The third-order valence-electron chi connectivity index (χ3n) is 7.34. The molecule has 1 saturated heterocycles. The first-order valence-corrected chi connectivity index (χ1v) is 14.2. The van der Waals surface area contributed by atoms with Crippen LogP contribution in [0, 0.1) is 11.6 Å². The van der Waals surface area contributed by atoms with Crippen LogP contribution in [0.5, 0.6) is 0 Å². The number of anilines is 2. The molecule has 0 bridgehead atoms. The van der Waals surface area contributed by atoms with Crippen molar-refractivity contribution in [3.8, 4) is 0 Å². The van der Waals surface area contributed by atoms with Crippen molar-refractivity contribution in [2.24, 2.45) is 5.73 Å². The van der Waals surface area contributed by atoms with Gasteiger partial charge in [-0.15, -0.1) is 0 Å². The number of primary amides is 1. The van der Waals surface area contributed by atoms with E-state index in [2.05, 4.69) is 10.2 Å². The normalized spacial score (nSPS) is 16.2. The van der Waals surface area contributed by atoms with Gasteiger partial charge in [-0.05, 0) is 66.9 Å². The van der Waals surface area contributed by atoms with Crippen LogP contribution in [-0.4, -0.2) is 60.4 Å². The summed E-state index contributed by atoms with van der Waals surface area (Å²) in [4.78, 5) is 29.0. The monoisotopic (exact) mass is 603 g/mol. The molecule has 1 fully saturated rings. The van der Waals surface area contributed by atoms with E-state index in [1.807, 2.05) is 0 Å². The second-order valence-electron chi connectivity index (χ2n) is 10.2. The summed E-state index contributed by atoms with van der Waals surface area (Å²) in [5.41, 5.74) is 14.0. The summed E-state index contributed by atoms with van der Waals surface area (Å²) in [7, 11) is 0. The predicted octanol–water partition coefficient (Wildman–Crippen LogP) is 5.27. The molecule has 3 aromatic rings. The van der Waals surface area contributed by atoms with Gasteiger partial charge in [-0.25, -0.2) is 8.78 Å². The van der Waals surface area contributed by atoms with E-state index in [0.717, 1.165) is 36.9 Å². The summed E-state index contributed by atoms with van der Waals surface area (Å²) in [6, 6.07) is 15.2. The van der Waals surface area contributed by atoms with E-state index in [9.17, 15) is 18.4 Å². The molecule has 11 heteroatoms. The molecule has 0 aromatic heterocycles. The van der Waals surface area contributed by atoms with Crippen molar-refractivity contribution in [1.82, 2.24) is 9.80 Å². The van der Waals surface area contributed by atoms with E-state index < -0.39 is 11.9 Å². The molecule has 0 spiro atoms. The molecular weight excluding hydrogens is 571 g/mol. The lowest BCUT2D eigenvalue weighted by Gasteiger charge is -2.39. The van der Waals surface area contributed by atoms with Gasteiger partial charge < -0.3 is 16.8 Å². The molecule has 7 nitrogen and oxygen atoms in total. The summed E-state index contributed by atoms with van der Waals surface area (Å²) < 4.78 is 27.0. The molecule has 1 atom stereocenters. The van der Waals surface area contributed by atoms with Gasteiger partial charge in [-0.1, -0.05) is 53.9 Å². The maximum Gasteiger partial charge on any atom is 0.238 e. The van der Waals surface area contributed by atoms with Crippen molar-refractivity contribution in [1.29, 1.82) is 0 Å². The molecule has 5 N–H and O–H groups in total. The molecule has 0 radical (unpaired) electrons. The third kappa shape index (κ3) is 8.39. The van der Waals surface area contributed by atoms with Crippen LogP contribution < -0.4 is 16.8 Å². The van der Waals surface area contributed by atoms with Crippen LogP contribution in [0.15, 0.2) is 60.7 Å². The molecule has 0 saturated carbocycles. The summed E-state index contributed by atoms with van der Waals surface area (Å²) in [6.07, 6.45) is 2.53. The van der Waals surface area contributed by atoms with Gasteiger partial charge in [0, 0.05) is 31.2 Å². The summed E-state index contributed by atoms with van der Waals surface area (Å²) in [5.74, 6) is -1.47. The van der Waals surface area contributed by atoms with Gasteiger partial charge in [-0.3, -0.25) is 19.4 Å². The topological polar surface area (TPSA) is 105 Å². The number of hydrogen-bond donors (Lipinski definition) is 3. The number of carbonyl (C=O) groups is 2. The number of unbranched alkanes of at least 4 members (excludes halogenated alkanes) is 1. The number of hydrogen-bond acceptors (Lipinski definition) is 5. The second-order valence-corrected chi connectivity index (χ2v) is 11.1. The van der Waals surface area contributed by atoms with E-state index >= 15 is 0 Å². The van der Waals surface area contributed by atoms with Gasteiger partial charge in [0.05, 0.1) is 22.3 Å². The molecule has 1 aliphatic heterocycles. The van der Waals surface area contributed by atoms with Crippen LogP contribution in [0.4, 0.5) is 20.2 Å². The number of rotatable bonds is 11. The SMILES string of the molecule is NC(=O)[C@@H]1CN(CCCCC(c2ccc(F)cc2)c2ccc(F)cc2)CCN1CC(=O)Nc1c(Cl)cc(N)cc1Cl. The van der Waals surface area contributed by atoms with E-state index in [-0.39, 0.29) is 45.7 Å². The number of amides is 2. The molecule has 41 heavy (non-hydrogen) atoms. The first kappa shape index (κ1) is 30.7. The first-order valence-electron chi connectivity index (χ1n) is 13.4. The largest absolute Gasteiger partial charge is 0.399 e. The molecular formula is C30H33Cl2F2N5O2. The number of piperazine rings is 1. The van der Waals surface area contributed by atoms with Crippen LogP contribution in [0.3, 0.4) is 0 Å². The van der Waals surface area contributed by atoms with E-state index in [0.29, 0.717) is 25.3 Å². The quantitative estimate of drug-likeness (QED) is 0.205. The Morgan fingerprint density at radius 3 is 2.02 bits per heavy atom. The fourth-order valence-corrected chi connectivity index (χ4v) is 5.81. The minimum Gasteiger partial charge on any atom is -0.399 e. The molecule has 1 heterocycles. The van der Waals surface area contributed by atoms with E-state index in [1.54, 1.807) is 29.2 Å². The number of nitrogen functional groups attached to an aromatic ring is 1. The number of halogens is 4. The maximum atomic E-state index is 13.5. The Morgan fingerprint density at radius 2 is 1.49 bits per heavy atom. The van der Waals surface area contributed by atoms with Crippen LogP contribution in [0.25, 0.3) is 0 Å². The Balaban J connectivity index is 1.30. The maximum absolute atomic E-state index is 13.5.